The van der Waals surface area contributed by atoms with Crippen molar-refractivity contribution in [2.75, 3.05) is 18.1 Å². The Morgan fingerprint density at radius 3 is 2.37 bits per heavy atom. The van der Waals surface area contributed by atoms with Gasteiger partial charge >= 0.3 is 0 Å². The largest absolute Gasteiger partial charge is 0.370 e. The third-order valence-electron chi connectivity index (χ3n) is 3.18. The van der Waals surface area contributed by atoms with E-state index in [1.807, 2.05) is 27.0 Å². The Balaban J connectivity index is 0.00000154. The van der Waals surface area contributed by atoms with E-state index in [9.17, 15) is 0 Å². The summed E-state index contributed by atoms with van der Waals surface area (Å²) in [6.45, 7) is 13.6. The second-order valence-corrected chi connectivity index (χ2v) is 5.27. The molecular weight excluding hydrogens is 254 g/mol. The molecule has 1 aromatic heterocycles. The van der Waals surface area contributed by atoms with Crippen LogP contribution in [0.3, 0.4) is 0 Å². The Morgan fingerprint density at radius 1 is 1.21 bits per heavy atom. The highest BCUT2D eigenvalue weighted by Crippen LogP contribution is 2.19. The van der Waals surface area contributed by atoms with E-state index in [-0.39, 0.29) is 0 Å². The zero-order valence-electron chi connectivity index (χ0n) is 13.5. The number of nitrogens with zero attached hydrogens (tertiary/aromatic N) is 2. The molecule has 0 saturated carbocycles. The fourth-order valence-electron chi connectivity index (χ4n) is 1.51. The number of nitrogens with one attached hydrogen (secondary N) is 1. The molecule has 0 fully saturated rings. The van der Waals surface area contributed by atoms with E-state index < -0.39 is 0 Å². The maximum absolute atomic E-state index is 4.52. The molecule has 1 rings (SSSR count). The summed E-state index contributed by atoms with van der Waals surface area (Å²) in [4.78, 5) is 8.94. The van der Waals surface area contributed by atoms with E-state index >= 15 is 0 Å². The highest BCUT2D eigenvalue weighted by atomic mass is 32.2. The summed E-state index contributed by atoms with van der Waals surface area (Å²) in [7, 11) is 0. The van der Waals surface area contributed by atoms with E-state index in [0.29, 0.717) is 0 Å². The van der Waals surface area contributed by atoms with Gasteiger partial charge in [0.25, 0.3) is 0 Å². The van der Waals surface area contributed by atoms with E-state index in [4.69, 9.17) is 0 Å². The van der Waals surface area contributed by atoms with Gasteiger partial charge in [0.2, 0.25) is 0 Å². The van der Waals surface area contributed by atoms with Crippen LogP contribution in [0.25, 0.3) is 0 Å². The molecule has 0 aliphatic rings. The van der Waals surface area contributed by atoms with Gasteiger partial charge in [-0.25, -0.2) is 9.97 Å². The van der Waals surface area contributed by atoms with Crippen molar-refractivity contribution in [3.63, 3.8) is 0 Å². The van der Waals surface area contributed by atoms with Gasteiger partial charge in [-0.15, -0.1) is 0 Å². The quantitative estimate of drug-likeness (QED) is 0.607. The lowest BCUT2D eigenvalue weighted by Crippen LogP contribution is -2.10. The highest BCUT2D eigenvalue weighted by Gasteiger charge is 2.07. The summed E-state index contributed by atoms with van der Waals surface area (Å²) in [5.41, 5.74) is 2.22. The Labute approximate surface area is 123 Å². The minimum Gasteiger partial charge on any atom is -0.370 e. The number of thioether (sulfide) groups is 1. The first-order valence-corrected chi connectivity index (χ1v) is 8.44. The summed E-state index contributed by atoms with van der Waals surface area (Å²) >= 11 is 1.59. The van der Waals surface area contributed by atoms with Crippen molar-refractivity contribution in [3.05, 3.63) is 11.3 Å². The van der Waals surface area contributed by atoms with Crippen LogP contribution in [0, 0.1) is 19.8 Å². The van der Waals surface area contributed by atoms with Crippen LogP contribution in [-0.4, -0.2) is 22.8 Å². The van der Waals surface area contributed by atoms with Crippen molar-refractivity contribution in [2.24, 2.45) is 5.92 Å². The lowest BCUT2D eigenvalue weighted by Gasteiger charge is -2.13. The molecule has 0 saturated heterocycles. The van der Waals surface area contributed by atoms with E-state index in [0.717, 1.165) is 34.7 Å². The maximum Gasteiger partial charge on any atom is 0.189 e. The summed E-state index contributed by atoms with van der Waals surface area (Å²) in [6.07, 6.45) is 4.43. The van der Waals surface area contributed by atoms with Gasteiger partial charge in [0.15, 0.2) is 5.16 Å². The minimum absolute atomic E-state index is 0.769. The van der Waals surface area contributed by atoms with Gasteiger partial charge in [-0.1, -0.05) is 45.9 Å². The molecule has 0 bridgehead atoms. The molecule has 19 heavy (non-hydrogen) atoms. The third-order valence-corrected chi connectivity index (χ3v) is 3.73. The molecule has 1 unspecified atom stereocenters. The number of aryl methyl sites for hydroxylation is 1. The van der Waals surface area contributed by atoms with Crippen molar-refractivity contribution >= 4 is 17.6 Å². The molecule has 1 heterocycles. The Hall–Kier alpha value is -0.770. The molecule has 0 aliphatic carbocycles. The monoisotopic (exact) mass is 283 g/mol. The van der Waals surface area contributed by atoms with Crippen LogP contribution in [0.1, 0.15) is 51.8 Å². The first kappa shape index (κ1) is 18.2. The van der Waals surface area contributed by atoms with Crippen molar-refractivity contribution < 1.29 is 0 Å². The zero-order valence-corrected chi connectivity index (χ0v) is 14.3. The smallest absolute Gasteiger partial charge is 0.189 e. The van der Waals surface area contributed by atoms with Gasteiger partial charge in [-0.2, -0.15) is 0 Å². The third kappa shape index (κ3) is 6.28. The molecule has 1 N–H and O–H groups in total. The number of rotatable bonds is 6. The average molecular weight is 283 g/mol. The number of anilines is 1. The summed E-state index contributed by atoms with van der Waals surface area (Å²) in [5.74, 6) is 1.76. The summed E-state index contributed by atoms with van der Waals surface area (Å²) in [5, 5.41) is 4.28. The van der Waals surface area contributed by atoms with E-state index in [2.05, 4.69) is 36.1 Å². The second-order valence-electron chi connectivity index (χ2n) is 4.50. The molecule has 0 aromatic carbocycles. The minimum atomic E-state index is 0.769. The molecule has 0 radical (unpaired) electrons. The Kier molecular flexibility index (Phi) is 9.66. The molecule has 110 valence electrons. The Morgan fingerprint density at radius 2 is 1.84 bits per heavy atom. The maximum atomic E-state index is 4.52. The van der Waals surface area contributed by atoms with Gasteiger partial charge in [0.1, 0.15) is 5.82 Å². The number of aromatic nitrogens is 2. The Bertz CT molecular complexity index is 367. The zero-order chi connectivity index (χ0) is 14.8. The molecule has 0 aliphatic heterocycles. The lowest BCUT2D eigenvalue weighted by atomic mass is 10.1. The first-order chi connectivity index (χ1) is 9.08. The number of hydrogen-bond donors (Lipinski definition) is 1. The van der Waals surface area contributed by atoms with Crippen molar-refractivity contribution in [2.45, 2.75) is 59.5 Å². The molecule has 0 amide bonds. The molecule has 4 heteroatoms. The fraction of sp³-hybridized carbons (Fsp3) is 0.733. The van der Waals surface area contributed by atoms with Crippen LogP contribution in [0.4, 0.5) is 5.82 Å². The topological polar surface area (TPSA) is 37.8 Å². The second kappa shape index (κ2) is 10.1. The molecule has 1 atom stereocenters. The normalized spacial score (nSPS) is 11.5. The number of hydrogen-bond acceptors (Lipinski definition) is 4. The van der Waals surface area contributed by atoms with E-state index in [1.54, 1.807) is 11.8 Å². The van der Waals surface area contributed by atoms with Crippen LogP contribution in [0.2, 0.25) is 0 Å². The molecule has 3 nitrogen and oxygen atoms in total. The van der Waals surface area contributed by atoms with Crippen LogP contribution in [0.15, 0.2) is 5.16 Å². The summed E-state index contributed by atoms with van der Waals surface area (Å²) in [6, 6.07) is 0. The highest BCUT2D eigenvalue weighted by molar-refractivity contribution is 7.98. The predicted octanol–water partition coefficient (Wildman–Crippen LogP) is 4.69. The molecule has 0 spiro atoms. The molecule has 1 aromatic rings. The van der Waals surface area contributed by atoms with Gasteiger partial charge in [0.05, 0.1) is 0 Å². The van der Waals surface area contributed by atoms with Crippen molar-refractivity contribution in [1.29, 1.82) is 0 Å². The summed E-state index contributed by atoms with van der Waals surface area (Å²) < 4.78 is 0. The first-order valence-electron chi connectivity index (χ1n) is 7.21. The van der Waals surface area contributed by atoms with Crippen molar-refractivity contribution in [3.8, 4) is 0 Å². The van der Waals surface area contributed by atoms with Crippen molar-refractivity contribution in [1.82, 2.24) is 9.97 Å². The van der Waals surface area contributed by atoms with Crippen LogP contribution in [0.5, 0.6) is 0 Å². The van der Waals surface area contributed by atoms with Crippen LogP contribution >= 0.6 is 11.8 Å². The fourth-order valence-corrected chi connectivity index (χ4v) is 1.92. The predicted molar refractivity (Wildman–Crippen MR) is 87.2 cm³/mol. The van der Waals surface area contributed by atoms with Crippen LogP contribution < -0.4 is 5.32 Å². The van der Waals surface area contributed by atoms with Gasteiger partial charge < -0.3 is 5.32 Å². The van der Waals surface area contributed by atoms with E-state index in [1.165, 1.54) is 12.8 Å². The average Bonchev–Trinajstić information content (AvgIpc) is 2.45. The SMILES string of the molecule is CC.CCC(C)CCNc1nc(SC)nc(C)c1C. The lowest BCUT2D eigenvalue weighted by molar-refractivity contribution is 0.531. The molecular formula is C15H29N3S. The van der Waals surface area contributed by atoms with Gasteiger partial charge in [-0.3, -0.25) is 0 Å². The van der Waals surface area contributed by atoms with Crippen LogP contribution in [-0.2, 0) is 0 Å². The standard InChI is InChI=1S/C13H23N3S.C2H6/c1-6-9(2)7-8-14-12-10(3)11(4)15-13(16-12)17-5;1-2/h9H,6-8H2,1-5H3,(H,14,15,16);1-2H3. The van der Waals surface area contributed by atoms with Gasteiger partial charge in [0, 0.05) is 17.8 Å². The van der Waals surface area contributed by atoms with Gasteiger partial charge in [-0.05, 0) is 32.4 Å².